The summed E-state index contributed by atoms with van der Waals surface area (Å²) in [4.78, 5) is 2.14. The second kappa shape index (κ2) is 9.43. The molecule has 2 aromatic rings. The Bertz CT molecular complexity index is 902. The Morgan fingerprint density at radius 3 is 2.21 bits per heavy atom. The molecule has 3 rings (SSSR count). The maximum Gasteiger partial charge on any atom is 0.244 e. The lowest BCUT2D eigenvalue weighted by Crippen LogP contribution is -2.50. The molecule has 0 bridgehead atoms. The molecule has 0 spiro atoms. The third kappa shape index (κ3) is 5.17. The van der Waals surface area contributed by atoms with Crippen LogP contribution >= 0.6 is 23.2 Å². The topological polar surface area (TPSA) is 70.1 Å². The van der Waals surface area contributed by atoms with E-state index in [1.807, 2.05) is 17.0 Å². The van der Waals surface area contributed by atoms with Crippen LogP contribution in [0.15, 0.2) is 53.4 Å². The van der Waals surface area contributed by atoms with Crippen molar-refractivity contribution in [2.24, 2.45) is 0 Å². The van der Waals surface area contributed by atoms with Gasteiger partial charge in [0, 0.05) is 32.7 Å². The quantitative estimate of drug-likeness (QED) is 0.710. The van der Waals surface area contributed by atoms with E-state index in [0.29, 0.717) is 43.5 Å². The molecular formula is C19H22Cl2N2O4S. The second-order valence-electron chi connectivity index (χ2n) is 6.53. The number of para-hydroxylation sites is 1. The van der Waals surface area contributed by atoms with E-state index < -0.39 is 16.1 Å². The van der Waals surface area contributed by atoms with Gasteiger partial charge in [-0.25, -0.2) is 8.42 Å². The van der Waals surface area contributed by atoms with E-state index in [1.165, 1.54) is 10.4 Å². The van der Waals surface area contributed by atoms with Gasteiger partial charge in [0.05, 0.1) is 10.0 Å². The summed E-state index contributed by atoms with van der Waals surface area (Å²) in [6.07, 6.45) is -0.706. The van der Waals surface area contributed by atoms with Crippen molar-refractivity contribution in [3.63, 3.8) is 0 Å². The minimum absolute atomic E-state index is 0.113. The lowest BCUT2D eigenvalue weighted by molar-refractivity contribution is 0.0569. The van der Waals surface area contributed by atoms with Gasteiger partial charge in [0.25, 0.3) is 0 Å². The molecule has 0 radical (unpaired) electrons. The monoisotopic (exact) mass is 444 g/mol. The number of benzene rings is 2. The highest BCUT2D eigenvalue weighted by Crippen LogP contribution is 2.25. The molecule has 28 heavy (non-hydrogen) atoms. The van der Waals surface area contributed by atoms with Crippen LogP contribution in [0.2, 0.25) is 10.0 Å². The Morgan fingerprint density at radius 2 is 1.57 bits per heavy atom. The number of piperazine rings is 1. The summed E-state index contributed by atoms with van der Waals surface area (Å²) < 4.78 is 32.5. The first-order valence-corrected chi connectivity index (χ1v) is 11.1. The summed E-state index contributed by atoms with van der Waals surface area (Å²) in [6, 6.07) is 13.5. The smallest absolute Gasteiger partial charge is 0.244 e. The Morgan fingerprint density at radius 1 is 0.964 bits per heavy atom. The molecule has 1 heterocycles. The normalized spacial score (nSPS) is 17.4. The van der Waals surface area contributed by atoms with E-state index in [4.69, 9.17) is 27.9 Å². The van der Waals surface area contributed by atoms with Crippen molar-refractivity contribution in [2.75, 3.05) is 39.3 Å². The summed E-state index contributed by atoms with van der Waals surface area (Å²) in [7, 11) is -3.62. The number of hydrogen-bond donors (Lipinski definition) is 1. The number of halogens is 2. The number of nitrogens with zero attached hydrogens (tertiary/aromatic N) is 2. The molecule has 9 heteroatoms. The lowest BCUT2D eigenvalue weighted by Gasteiger charge is -2.35. The molecular weight excluding hydrogens is 423 g/mol. The summed E-state index contributed by atoms with van der Waals surface area (Å²) in [5.74, 6) is 0.527. The molecule has 152 valence electrons. The van der Waals surface area contributed by atoms with Gasteiger partial charge < -0.3 is 9.84 Å². The number of hydrogen-bond acceptors (Lipinski definition) is 5. The van der Waals surface area contributed by atoms with Crippen LogP contribution in [0.25, 0.3) is 0 Å². The first-order chi connectivity index (χ1) is 13.4. The number of ether oxygens (including phenoxy) is 1. The van der Waals surface area contributed by atoms with Gasteiger partial charge in [-0.15, -0.1) is 0 Å². The van der Waals surface area contributed by atoms with Crippen molar-refractivity contribution in [2.45, 2.75) is 11.0 Å². The number of sulfonamides is 1. The third-order valence-corrected chi connectivity index (χ3v) is 7.23. The third-order valence-electron chi connectivity index (χ3n) is 4.52. The maximum atomic E-state index is 12.8. The van der Waals surface area contributed by atoms with E-state index in [-0.39, 0.29) is 16.5 Å². The Balaban J connectivity index is 1.50. The molecule has 2 aromatic carbocycles. The molecule has 1 aliphatic rings. The van der Waals surface area contributed by atoms with Gasteiger partial charge in [-0.05, 0) is 24.3 Å². The fourth-order valence-corrected chi connectivity index (χ4v) is 5.15. The molecule has 1 N–H and O–H groups in total. The van der Waals surface area contributed by atoms with Crippen LogP contribution in [-0.2, 0) is 10.0 Å². The Labute approximate surface area is 175 Å². The van der Waals surface area contributed by atoms with Crippen molar-refractivity contribution < 1.29 is 18.3 Å². The van der Waals surface area contributed by atoms with Crippen LogP contribution in [0.4, 0.5) is 0 Å². The van der Waals surface area contributed by atoms with E-state index in [1.54, 1.807) is 30.3 Å². The van der Waals surface area contributed by atoms with Crippen molar-refractivity contribution in [1.82, 2.24) is 9.21 Å². The van der Waals surface area contributed by atoms with Crippen LogP contribution in [0.3, 0.4) is 0 Å². The fraction of sp³-hybridized carbons (Fsp3) is 0.368. The predicted octanol–water partition coefficient (Wildman–Crippen LogP) is 2.74. The van der Waals surface area contributed by atoms with Crippen LogP contribution in [0.1, 0.15) is 0 Å². The Hall–Kier alpha value is -1.35. The lowest BCUT2D eigenvalue weighted by atomic mass is 10.3. The molecule has 0 aliphatic carbocycles. The molecule has 0 saturated carbocycles. The number of aliphatic hydroxyl groups is 1. The van der Waals surface area contributed by atoms with Gasteiger partial charge in [0.2, 0.25) is 10.0 Å². The van der Waals surface area contributed by atoms with Gasteiger partial charge in [-0.3, -0.25) is 4.90 Å². The fourth-order valence-electron chi connectivity index (χ4n) is 3.04. The Kier molecular flexibility index (Phi) is 7.20. The highest BCUT2D eigenvalue weighted by Gasteiger charge is 2.30. The van der Waals surface area contributed by atoms with E-state index in [2.05, 4.69) is 0 Å². The zero-order chi connectivity index (χ0) is 20.1. The van der Waals surface area contributed by atoms with Gasteiger partial charge in [0.15, 0.2) is 0 Å². The van der Waals surface area contributed by atoms with E-state index in [0.717, 1.165) is 0 Å². The van der Waals surface area contributed by atoms with Gasteiger partial charge in [-0.1, -0.05) is 47.5 Å². The molecule has 0 amide bonds. The average Bonchev–Trinajstić information content (AvgIpc) is 2.68. The molecule has 1 unspecified atom stereocenters. The predicted molar refractivity (Wildman–Crippen MR) is 110 cm³/mol. The number of rotatable bonds is 7. The van der Waals surface area contributed by atoms with Crippen molar-refractivity contribution in [3.05, 3.63) is 58.6 Å². The summed E-state index contributed by atoms with van der Waals surface area (Å²) >= 11 is 12.1. The summed E-state index contributed by atoms with van der Waals surface area (Å²) in [5, 5.41) is 10.9. The minimum Gasteiger partial charge on any atom is -0.489 e. The highest BCUT2D eigenvalue weighted by atomic mass is 35.5. The molecule has 1 atom stereocenters. The second-order valence-corrected chi connectivity index (χ2v) is 9.25. The van der Waals surface area contributed by atoms with Crippen LogP contribution in [0, 0.1) is 0 Å². The van der Waals surface area contributed by atoms with Gasteiger partial charge in [-0.2, -0.15) is 4.31 Å². The number of aliphatic hydroxyl groups excluding tert-OH is 1. The zero-order valence-electron chi connectivity index (χ0n) is 15.2. The molecule has 6 nitrogen and oxygen atoms in total. The van der Waals surface area contributed by atoms with Crippen LogP contribution in [0.5, 0.6) is 5.75 Å². The molecule has 0 aromatic heterocycles. The van der Waals surface area contributed by atoms with E-state index >= 15 is 0 Å². The maximum absolute atomic E-state index is 12.8. The molecule has 1 saturated heterocycles. The average molecular weight is 445 g/mol. The van der Waals surface area contributed by atoms with Crippen molar-refractivity contribution in [3.8, 4) is 5.75 Å². The zero-order valence-corrected chi connectivity index (χ0v) is 17.5. The number of β-amino-alcohol motifs (C(OH)–C–C–N with tert-alkyl or cyclic N) is 1. The van der Waals surface area contributed by atoms with Crippen LogP contribution < -0.4 is 4.74 Å². The SMILES string of the molecule is O=S(=O)(c1ccccc1Cl)N1CCN(CC(O)COc2ccccc2Cl)CC1. The standard InChI is InChI=1S/C19H22Cl2N2O4S/c20-16-5-1-3-7-18(16)27-14-15(24)13-22-9-11-23(12-10-22)28(25,26)19-8-4-2-6-17(19)21/h1-8,15,24H,9-14H2. The minimum atomic E-state index is -3.62. The van der Waals surface area contributed by atoms with Crippen molar-refractivity contribution in [1.29, 1.82) is 0 Å². The first kappa shape index (κ1) is 21.4. The summed E-state index contributed by atoms with van der Waals surface area (Å²) in [5.41, 5.74) is 0. The first-order valence-electron chi connectivity index (χ1n) is 8.90. The largest absolute Gasteiger partial charge is 0.489 e. The van der Waals surface area contributed by atoms with Crippen molar-refractivity contribution >= 4 is 33.2 Å². The highest BCUT2D eigenvalue weighted by molar-refractivity contribution is 7.89. The van der Waals surface area contributed by atoms with Crippen LogP contribution in [-0.4, -0.2) is 68.2 Å². The summed E-state index contributed by atoms with van der Waals surface area (Å²) in [6.45, 7) is 2.23. The van der Waals surface area contributed by atoms with E-state index in [9.17, 15) is 13.5 Å². The molecule has 1 fully saturated rings. The molecule has 1 aliphatic heterocycles. The van der Waals surface area contributed by atoms with Gasteiger partial charge >= 0.3 is 0 Å². The van der Waals surface area contributed by atoms with Gasteiger partial charge in [0.1, 0.15) is 23.4 Å².